The number of hydrogen-bond acceptors (Lipinski definition) is 5. The molecule has 0 aromatic carbocycles. The summed E-state index contributed by atoms with van der Waals surface area (Å²) in [4.78, 5) is 18.9. The van der Waals surface area contributed by atoms with Gasteiger partial charge in [0.15, 0.2) is 5.13 Å². The van der Waals surface area contributed by atoms with Crippen molar-refractivity contribution in [2.75, 3.05) is 11.9 Å². The van der Waals surface area contributed by atoms with Gasteiger partial charge in [0.05, 0.1) is 11.9 Å². The Morgan fingerprint density at radius 1 is 1.65 bits per heavy atom. The van der Waals surface area contributed by atoms with E-state index in [9.17, 15) is 9.90 Å². The number of carboxylic acid groups (broad SMARTS) is 1. The summed E-state index contributed by atoms with van der Waals surface area (Å²) in [5, 5.41) is 14.2. The summed E-state index contributed by atoms with van der Waals surface area (Å²) in [5.74, 6) is -1.20. The van der Waals surface area contributed by atoms with E-state index in [4.69, 9.17) is 0 Å². The molecule has 0 radical (unpaired) electrons. The molecule has 1 N–H and O–H groups in total. The lowest BCUT2D eigenvalue weighted by Crippen LogP contribution is -2.16. The van der Waals surface area contributed by atoms with Crippen LogP contribution in [0.25, 0.3) is 0 Å². The van der Waals surface area contributed by atoms with E-state index < -0.39 is 11.9 Å². The van der Waals surface area contributed by atoms with Gasteiger partial charge in [0, 0.05) is 37.3 Å². The molecule has 20 heavy (non-hydrogen) atoms. The molecular weight excluding hydrogens is 276 g/mol. The van der Waals surface area contributed by atoms with Gasteiger partial charge in [-0.2, -0.15) is 5.10 Å². The Labute approximate surface area is 120 Å². The summed E-state index contributed by atoms with van der Waals surface area (Å²) in [6.45, 7) is 0.720. The molecule has 2 aromatic heterocycles. The first kappa shape index (κ1) is 13.1. The predicted octanol–water partition coefficient (Wildman–Crippen LogP) is 1.63. The number of aromatic nitrogens is 3. The molecule has 0 saturated carbocycles. The minimum Gasteiger partial charge on any atom is -0.481 e. The monoisotopic (exact) mass is 292 g/mol. The van der Waals surface area contributed by atoms with Crippen molar-refractivity contribution >= 4 is 22.4 Å². The fourth-order valence-corrected chi connectivity index (χ4v) is 3.61. The number of rotatable bonds is 4. The summed E-state index contributed by atoms with van der Waals surface area (Å²) >= 11 is 1.60. The van der Waals surface area contributed by atoms with E-state index in [0.29, 0.717) is 6.42 Å². The van der Waals surface area contributed by atoms with Crippen LogP contribution in [-0.2, 0) is 24.8 Å². The van der Waals surface area contributed by atoms with Gasteiger partial charge in [0.25, 0.3) is 0 Å². The standard InChI is InChI=1S/C13H16N4O2S/c1-16(6-8-5-14-17(2)7-8)13-15-11-9(12(18)19)3-4-10(11)20-13/h5,7,9H,3-4,6H2,1-2H3,(H,18,19). The van der Waals surface area contributed by atoms with Crippen molar-refractivity contribution in [3.63, 3.8) is 0 Å². The maximum atomic E-state index is 11.2. The van der Waals surface area contributed by atoms with E-state index in [0.717, 1.165) is 34.2 Å². The normalized spacial score (nSPS) is 17.2. The molecule has 2 aromatic rings. The van der Waals surface area contributed by atoms with Gasteiger partial charge in [0.1, 0.15) is 5.92 Å². The fourth-order valence-electron chi connectivity index (χ4n) is 2.51. The van der Waals surface area contributed by atoms with Crippen LogP contribution in [0.15, 0.2) is 12.4 Å². The largest absolute Gasteiger partial charge is 0.481 e. The number of hydrogen-bond donors (Lipinski definition) is 1. The zero-order valence-electron chi connectivity index (χ0n) is 11.4. The van der Waals surface area contributed by atoms with Crippen LogP contribution < -0.4 is 4.90 Å². The maximum Gasteiger partial charge on any atom is 0.312 e. The van der Waals surface area contributed by atoms with Gasteiger partial charge in [-0.25, -0.2) is 4.98 Å². The molecule has 0 spiro atoms. The van der Waals surface area contributed by atoms with Crippen molar-refractivity contribution in [1.82, 2.24) is 14.8 Å². The van der Waals surface area contributed by atoms with Crippen molar-refractivity contribution in [3.8, 4) is 0 Å². The molecule has 7 heteroatoms. The lowest BCUT2D eigenvalue weighted by atomic mass is 10.1. The van der Waals surface area contributed by atoms with Crippen LogP contribution in [0.4, 0.5) is 5.13 Å². The highest BCUT2D eigenvalue weighted by Gasteiger charge is 2.32. The van der Waals surface area contributed by atoms with Crippen molar-refractivity contribution in [2.45, 2.75) is 25.3 Å². The maximum absolute atomic E-state index is 11.2. The summed E-state index contributed by atoms with van der Waals surface area (Å²) in [5.41, 5.74) is 1.87. The average molecular weight is 292 g/mol. The van der Waals surface area contributed by atoms with Crippen LogP contribution in [0.5, 0.6) is 0 Å². The van der Waals surface area contributed by atoms with E-state index in [1.807, 2.05) is 31.4 Å². The third-order valence-corrected chi connectivity index (χ3v) is 4.75. The lowest BCUT2D eigenvalue weighted by Gasteiger charge is -2.14. The molecule has 0 saturated heterocycles. The molecule has 106 valence electrons. The van der Waals surface area contributed by atoms with Crippen LogP contribution in [-0.4, -0.2) is 32.9 Å². The van der Waals surface area contributed by atoms with E-state index in [1.165, 1.54) is 0 Å². The Balaban J connectivity index is 1.78. The summed E-state index contributed by atoms with van der Waals surface area (Å²) < 4.78 is 1.77. The number of thiazole rings is 1. The van der Waals surface area contributed by atoms with Crippen molar-refractivity contribution in [3.05, 3.63) is 28.5 Å². The smallest absolute Gasteiger partial charge is 0.312 e. The summed E-state index contributed by atoms with van der Waals surface area (Å²) in [6, 6.07) is 0. The van der Waals surface area contributed by atoms with Gasteiger partial charge >= 0.3 is 5.97 Å². The number of aliphatic carboxylic acids is 1. The highest BCUT2D eigenvalue weighted by molar-refractivity contribution is 7.15. The molecular formula is C13H16N4O2S. The number of carbonyl (C=O) groups is 1. The minimum absolute atomic E-state index is 0.429. The van der Waals surface area contributed by atoms with E-state index in [-0.39, 0.29) is 0 Å². The molecule has 1 unspecified atom stereocenters. The van der Waals surface area contributed by atoms with Crippen molar-refractivity contribution < 1.29 is 9.90 Å². The van der Waals surface area contributed by atoms with E-state index in [1.54, 1.807) is 16.0 Å². The SMILES string of the molecule is CN(Cc1cnn(C)c1)c1nc2c(s1)CCC2C(=O)O. The molecule has 0 amide bonds. The Morgan fingerprint density at radius 3 is 3.10 bits per heavy atom. The summed E-state index contributed by atoms with van der Waals surface area (Å²) in [6.07, 6.45) is 5.30. The Morgan fingerprint density at radius 2 is 2.45 bits per heavy atom. The lowest BCUT2D eigenvalue weighted by molar-refractivity contribution is -0.138. The van der Waals surface area contributed by atoms with Crippen LogP contribution in [0.3, 0.4) is 0 Å². The average Bonchev–Trinajstić information content (AvgIpc) is 3.03. The third-order valence-electron chi connectivity index (χ3n) is 3.51. The number of nitrogens with zero attached hydrogens (tertiary/aromatic N) is 4. The molecule has 1 aliphatic rings. The van der Waals surface area contributed by atoms with E-state index in [2.05, 4.69) is 10.1 Å². The molecule has 0 bridgehead atoms. The first-order valence-electron chi connectivity index (χ1n) is 6.45. The van der Waals surface area contributed by atoms with Crippen LogP contribution in [0.1, 0.15) is 28.5 Å². The first-order chi connectivity index (χ1) is 9.54. The highest BCUT2D eigenvalue weighted by Crippen LogP contribution is 2.39. The number of fused-ring (bicyclic) bond motifs is 1. The van der Waals surface area contributed by atoms with Crippen LogP contribution >= 0.6 is 11.3 Å². The second kappa shape index (κ2) is 4.90. The summed E-state index contributed by atoms with van der Waals surface area (Å²) in [7, 11) is 3.86. The van der Waals surface area contributed by atoms with E-state index >= 15 is 0 Å². The molecule has 0 fully saturated rings. The molecule has 1 atom stereocenters. The van der Waals surface area contributed by atoms with Gasteiger partial charge in [-0.1, -0.05) is 0 Å². The number of anilines is 1. The Bertz CT molecular complexity index is 649. The van der Waals surface area contributed by atoms with Crippen LogP contribution in [0.2, 0.25) is 0 Å². The highest BCUT2D eigenvalue weighted by atomic mass is 32.1. The predicted molar refractivity (Wildman–Crippen MR) is 76.1 cm³/mol. The van der Waals surface area contributed by atoms with Gasteiger partial charge in [0.2, 0.25) is 0 Å². The minimum atomic E-state index is -0.768. The number of aryl methyl sites for hydroxylation is 2. The number of carboxylic acids is 1. The van der Waals surface area contributed by atoms with Crippen molar-refractivity contribution in [2.24, 2.45) is 7.05 Å². The van der Waals surface area contributed by atoms with Gasteiger partial charge in [-0.15, -0.1) is 11.3 Å². The quantitative estimate of drug-likeness (QED) is 0.927. The van der Waals surface area contributed by atoms with Crippen LogP contribution in [0, 0.1) is 0 Å². The first-order valence-corrected chi connectivity index (χ1v) is 7.27. The second-order valence-electron chi connectivity index (χ2n) is 5.11. The molecule has 0 aliphatic heterocycles. The zero-order chi connectivity index (χ0) is 14.3. The fraction of sp³-hybridized carbons (Fsp3) is 0.462. The zero-order valence-corrected chi connectivity index (χ0v) is 12.2. The topological polar surface area (TPSA) is 71.2 Å². The molecule has 6 nitrogen and oxygen atoms in total. The second-order valence-corrected chi connectivity index (χ2v) is 6.17. The molecule has 3 rings (SSSR count). The van der Waals surface area contributed by atoms with Gasteiger partial charge in [-0.05, 0) is 12.8 Å². The molecule has 2 heterocycles. The Hall–Kier alpha value is -1.89. The molecule has 1 aliphatic carbocycles. The van der Waals surface area contributed by atoms with Gasteiger partial charge in [-0.3, -0.25) is 9.48 Å². The third kappa shape index (κ3) is 2.29. The van der Waals surface area contributed by atoms with Crippen molar-refractivity contribution in [1.29, 1.82) is 0 Å². The Kier molecular flexibility index (Phi) is 3.21. The van der Waals surface area contributed by atoms with Gasteiger partial charge < -0.3 is 10.0 Å².